The lowest BCUT2D eigenvalue weighted by Gasteiger charge is -2.02. The maximum Gasteiger partial charge on any atom is 0.265 e. The number of nitrogens with two attached hydrogens (primary N) is 1. The average Bonchev–Trinajstić information content (AvgIpc) is 2.86. The van der Waals surface area contributed by atoms with Crippen LogP contribution in [0, 0.1) is 0 Å². The highest BCUT2D eigenvalue weighted by Gasteiger charge is 2.19. The number of primary amides is 1. The van der Waals surface area contributed by atoms with Gasteiger partial charge in [0.05, 0.1) is 11.9 Å². The molecular formula is C9H11N5O3S. The number of hydrogen-bond acceptors (Lipinski definition) is 4. The monoisotopic (exact) mass is 269 g/mol. The summed E-state index contributed by atoms with van der Waals surface area (Å²) in [5.41, 5.74) is 5.54. The molecule has 0 atom stereocenters. The lowest BCUT2D eigenvalue weighted by molar-refractivity contribution is 0.0992. The van der Waals surface area contributed by atoms with Crippen molar-refractivity contribution in [3.8, 4) is 0 Å². The molecule has 0 aromatic carbocycles. The summed E-state index contributed by atoms with van der Waals surface area (Å²) in [6, 6.07) is 1.21. The van der Waals surface area contributed by atoms with Crippen molar-refractivity contribution in [3.63, 3.8) is 0 Å². The maximum absolute atomic E-state index is 12.0. The molecule has 8 nitrogen and oxygen atoms in total. The molecule has 1 amide bonds. The molecular weight excluding hydrogens is 258 g/mol. The number of carbonyl (C=O) groups is 1. The first-order valence-corrected chi connectivity index (χ1v) is 6.36. The molecule has 2 aromatic heterocycles. The highest BCUT2D eigenvalue weighted by atomic mass is 32.2. The minimum Gasteiger partial charge on any atom is -0.364 e. The predicted molar refractivity (Wildman–Crippen MR) is 63.3 cm³/mol. The molecule has 0 unspecified atom stereocenters. The minimum atomic E-state index is -3.76. The first-order valence-electron chi connectivity index (χ1n) is 4.88. The Bertz CT molecular complexity index is 671. The lowest BCUT2D eigenvalue weighted by atomic mass is 10.4. The summed E-state index contributed by atoms with van der Waals surface area (Å²) in [6.45, 7) is 0. The van der Waals surface area contributed by atoms with Gasteiger partial charge in [-0.25, -0.2) is 8.42 Å². The molecule has 96 valence electrons. The molecule has 0 fully saturated rings. The average molecular weight is 269 g/mol. The Hall–Kier alpha value is -2.29. The van der Waals surface area contributed by atoms with Gasteiger partial charge in [0.25, 0.3) is 15.9 Å². The van der Waals surface area contributed by atoms with E-state index in [9.17, 15) is 13.2 Å². The number of sulfonamides is 1. The number of aromatic nitrogens is 3. The van der Waals surface area contributed by atoms with Crippen LogP contribution in [0.2, 0.25) is 0 Å². The van der Waals surface area contributed by atoms with Crippen molar-refractivity contribution in [2.24, 2.45) is 12.8 Å². The second kappa shape index (κ2) is 4.18. The van der Waals surface area contributed by atoms with Crippen LogP contribution in [-0.4, -0.2) is 29.1 Å². The van der Waals surface area contributed by atoms with E-state index in [0.29, 0.717) is 5.69 Å². The Morgan fingerprint density at radius 3 is 2.78 bits per heavy atom. The van der Waals surface area contributed by atoms with Crippen molar-refractivity contribution in [1.82, 2.24) is 14.8 Å². The van der Waals surface area contributed by atoms with Crippen LogP contribution in [0.25, 0.3) is 0 Å². The van der Waals surface area contributed by atoms with E-state index in [1.54, 1.807) is 0 Å². The standard InChI is InChI=1S/C9H11N5O3S/c1-14-5-7(2-8(14)9(10)15)18(16,17)13-6-3-11-12-4-6/h2-5,13H,1H3,(H2,10,15)(H,11,12). The Kier molecular flexibility index (Phi) is 2.83. The number of nitrogens with one attached hydrogen (secondary N) is 2. The zero-order valence-electron chi connectivity index (χ0n) is 9.41. The quantitative estimate of drug-likeness (QED) is 0.701. The molecule has 18 heavy (non-hydrogen) atoms. The molecule has 0 aliphatic heterocycles. The van der Waals surface area contributed by atoms with E-state index in [2.05, 4.69) is 14.9 Å². The van der Waals surface area contributed by atoms with Crippen LogP contribution in [0.5, 0.6) is 0 Å². The van der Waals surface area contributed by atoms with Crippen molar-refractivity contribution < 1.29 is 13.2 Å². The molecule has 2 aromatic rings. The third kappa shape index (κ3) is 2.20. The van der Waals surface area contributed by atoms with Crippen LogP contribution in [0.3, 0.4) is 0 Å². The van der Waals surface area contributed by atoms with Gasteiger partial charge in [-0.1, -0.05) is 0 Å². The fourth-order valence-electron chi connectivity index (χ4n) is 1.45. The second-order valence-electron chi connectivity index (χ2n) is 3.63. The SMILES string of the molecule is Cn1cc(S(=O)(=O)Nc2cn[nH]c2)cc1C(N)=O. The zero-order chi connectivity index (χ0) is 13.3. The fourth-order valence-corrected chi connectivity index (χ4v) is 2.55. The van der Waals surface area contributed by atoms with Crippen molar-refractivity contribution in [1.29, 1.82) is 0 Å². The largest absolute Gasteiger partial charge is 0.364 e. The molecule has 0 aliphatic rings. The Labute approximate surface area is 103 Å². The highest BCUT2D eigenvalue weighted by Crippen LogP contribution is 2.17. The number of amides is 1. The minimum absolute atomic E-state index is 0.0417. The van der Waals surface area contributed by atoms with Crippen LogP contribution in [0.4, 0.5) is 5.69 Å². The molecule has 2 heterocycles. The fraction of sp³-hybridized carbons (Fsp3) is 0.111. The van der Waals surface area contributed by atoms with Gasteiger partial charge in [-0.2, -0.15) is 5.10 Å². The van der Waals surface area contributed by atoms with Gasteiger partial charge in [0.15, 0.2) is 0 Å². The van der Waals surface area contributed by atoms with Gasteiger partial charge < -0.3 is 10.3 Å². The zero-order valence-corrected chi connectivity index (χ0v) is 10.2. The summed E-state index contributed by atoms with van der Waals surface area (Å²) in [7, 11) is -2.22. The van der Waals surface area contributed by atoms with E-state index in [-0.39, 0.29) is 10.6 Å². The molecule has 0 radical (unpaired) electrons. The number of aromatic amines is 1. The second-order valence-corrected chi connectivity index (χ2v) is 5.31. The molecule has 9 heteroatoms. The number of anilines is 1. The number of nitrogens with zero attached hydrogens (tertiary/aromatic N) is 2. The summed E-state index contributed by atoms with van der Waals surface area (Å²) < 4.78 is 27.6. The van der Waals surface area contributed by atoms with Crippen LogP contribution in [-0.2, 0) is 17.1 Å². The smallest absolute Gasteiger partial charge is 0.265 e. The maximum atomic E-state index is 12.0. The van der Waals surface area contributed by atoms with Crippen LogP contribution in [0.1, 0.15) is 10.5 Å². The predicted octanol–water partition coefficient (Wildman–Crippen LogP) is -0.352. The van der Waals surface area contributed by atoms with Gasteiger partial charge in [0, 0.05) is 19.4 Å². The molecule has 0 bridgehead atoms. The lowest BCUT2D eigenvalue weighted by Crippen LogP contribution is -2.14. The van der Waals surface area contributed by atoms with E-state index >= 15 is 0 Å². The van der Waals surface area contributed by atoms with Crippen LogP contribution in [0.15, 0.2) is 29.6 Å². The van der Waals surface area contributed by atoms with Gasteiger partial charge in [-0.3, -0.25) is 14.6 Å². The van der Waals surface area contributed by atoms with E-state index in [4.69, 9.17) is 5.73 Å². The van der Waals surface area contributed by atoms with Gasteiger partial charge in [-0.05, 0) is 6.07 Å². The van der Waals surface area contributed by atoms with Gasteiger partial charge >= 0.3 is 0 Å². The third-order valence-corrected chi connectivity index (χ3v) is 3.64. The number of rotatable bonds is 4. The number of hydrogen-bond donors (Lipinski definition) is 3. The van der Waals surface area contributed by atoms with Crippen molar-refractivity contribution in [2.45, 2.75) is 4.90 Å². The first kappa shape index (κ1) is 12.2. The third-order valence-electron chi connectivity index (χ3n) is 2.29. The van der Waals surface area contributed by atoms with Gasteiger partial charge in [0.2, 0.25) is 0 Å². The van der Waals surface area contributed by atoms with E-state index in [0.717, 1.165) is 0 Å². The first-order chi connectivity index (χ1) is 8.40. The number of H-pyrrole nitrogens is 1. The normalized spacial score (nSPS) is 11.4. The van der Waals surface area contributed by atoms with Crippen molar-refractivity contribution in [3.05, 3.63) is 30.4 Å². The Morgan fingerprint density at radius 1 is 1.56 bits per heavy atom. The summed E-state index contributed by atoms with van der Waals surface area (Å²) in [4.78, 5) is 11.0. The molecule has 0 aliphatic carbocycles. The summed E-state index contributed by atoms with van der Waals surface area (Å²) in [5, 5.41) is 6.10. The van der Waals surface area contributed by atoms with E-state index in [1.165, 1.54) is 36.3 Å². The van der Waals surface area contributed by atoms with E-state index in [1.807, 2.05) is 0 Å². The topological polar surface area (TPSA) is 123 Å². The van der Waals surface area contributed by atoms with Crippen LogP contribution < -0.4 is 10.5 Å². The molecule has 4 N–H and O–H groups in total. The van der Waals surface area contributed by atoms with Crippen LogP contribution >= 0.6 is 0 Å². The number of carbonyl (C=O) groups excluding carboxylic acids is 1. The van der Waals surface area contributed by atoms with Gasteiger partial charge in [-0.15, -0.1) is 0 Å². The Morgan fingerprint density at radius 2 is 2.28 bits per heavy atom. The molecule has 0 saturated heterocycles. The van der Waals surface area contributed by atoms with Crippen molar-refractivity contribution >= 4 is 21.6 Å². The van der Waals surface area contributed by atoms with Gasteiger partial charge in [0.1, 0.15) is 10.6 Å². The van der Waals surface area contributed by atoms with Crippen molar-refractivity contribution in [2.75, 3.05) is 4.72 Å². The summed E-state index contributed by atoms with van der Waals surface area (Å²) >= 11 is 0. The summed E-state index contributed by atoms with van der Waals surface area (Å²) in [5.74, 6) is -0.692. The molecule has 2 rings (SSSR count). The summed E-state index contributed by atoms with van der Waals surface area (Å²) in [6.07, 6.45) is 4.04. The highest BCUT2D eigenvalue weighted by molar-refractivity contribution is 7.92. The van der Waals surface area contributed by atoms with E-state index < -0.39 is 15.9 Å². The number of aryl methyl sites for hydroxylation is 1. The molecule has 0 spiro atoms. The Balaban J connectivity index is 2.36. The molecule has 0 saturated carbocycles.